The number of unbranched alkanes of at least 4 members (excludes halogenated alkanes) is 30. The maximum atomic E-state index is 12.9. The molecule has 0 radical (unpaired) electrons. The SMILES string of the molecule is CC/C=C\C/C=C\C/C=C\C/C=C\C/C=C\C/C=C\C/C=C\C/C=C\C/C=C\C/C=C\C/C=C\CCCCCCCC(=O)OC(COC(=O)CCCCCCCCCCCCCCCCCCCCCCCCCCCC)COC(OCC[N+](C)(C)C)C(=O)[O-]. The lowest BCUT2D eigenvalue weighted by molar-refractivity contribution is -0.870. The molecular formula is C81H137NO8. The maximum Gasteiger partial charge on any atom is 0.306 e. The van der Waals surface area contributed by atoms with Crippen molar-refractivity contribution < 1.29 is 42.9 Å². The highest BCUT2D eigenvalue weighted by molar-refractivity contribution is 5.70. The molecule has 0 saturated heterocycles. The molecule has 0 aliphatic carbocycles. The molecule has 0 aliphatic heterocycles. The van der Waals surface area contributed by atoms with Crippen molar-refractivity contribution >= 4 is 17.9 Å². The summed E-state index contributed by atoms with van der Waals surface area (Å²) in [6.07, 6.45) is 98.3. The average molecular weight is 1250 g/mol. The minimum atomic E-state index is -1.63. The lowest BCUT2D eigenvalue weighted by Crippen LogP contribution is -2.44. The van der Waals surface area contributed by atoms with Gasteiger partial charge in [0, 0.05) is 12.8 Å². The van der Waals surface area contributed by atoms with E-state index in [1.807, 2.05) is 21.1 Å². The van der Waals surface area contributed by atoms with Gasteiger partial charge in [0.25, 0.3) is 0 Å². The zero-order valence-electron chi connectivity index (χ0n) is 58.7. The second-order valence-corrected chi connectivity index (χ2v) is 25.5. The van der Waals surface area contributed by atoms with Gasteiger partial charge < -0.3 is 33.3 Å². The summed E-state index contributed by atoms with van der Waals surface area (Å²) >= 11 is 0. The van der Waals surface area contributed by atoms with Crippen LogP contribution in [0.5, 0.6) is 0 Å². The summed E-state index contributed by atoms with van der Waals surface area (Å²) in [7, 11) is 5.92. The molecule has 0 rings (SSSR count). The molecule has 0 fully saturated rings. The van der Waals surface area contributed by atoms with E-state index >= 15 is 0 Å². The number of nitrogens with zero attached hydrogens (tertiary/aromatic N) is 1. The lowest BCUT2D eigenvalue weighted by Gasteiger charge is -2.26. The van der Waals surface area contributed by atoms with Gasteiger partial charge in [-0.05, 0) is 96.3 Å². The third-order valence-corrected chi connectivity index (χ3v) is 15.7. The summed E-state index contributed by atoms with van der Waals surface area (Å²) in [6.45, 7) is 4.64. The van der Waals surface area contributed by atoms with Crippen molar-refractivity contribution in [2.75, 3.05) is 47.5 Å². The highest BCUT2D eigenvalue weighted by atomic mass is 16.7. The predicted molar refractivity (Wildman–Crippen MR) is 384 cm³/mol. The maximum absolute atomic E-state index is 12.9. The van der Waals surface area contributed by atoms with E-state index in [4.69, 9.17) is 18.9 Å². The summed E-state index contributed by atoms with van der Waals surface area (Å²) in [4.78, 5) is 37.5. The van der Waals surface area contributed by atoms with Crippen LogP contribution in [0.25, 0.3) is 0 Å². The Bertz CT molecular complexity index is 1940. The van der Waals surface area contributed by atoms with Crippen LogP contribution in [0.2, 0.25) is 0 Å². The van der Waals surface area contributed by atoms with Crippen molar-refractivity contribution in [2.24, 2.45) is 0 Å². The van der Waals surface area contributed by atoms with Gasteiger partial charge in [-0.1, -0.05) is 327 Å². The molecule has 0 heterocycles. The molecule has 90 heavy (non-hydrogen) atoms. The Kier molecular flexibility index (Phi) is 66.7. The molecule has 514 valence electrons. The van der Waals surface area contributed by atoms with E-state index in [1.165, 1.54) is 148 Å². The minimum Gasteiger partial charge on any atom is -0.545 e. The third-order valence-electron chi connectivity index (χ3n) is 15.7. The lowest BCUT2D eigenvalue weighted by atomic mass is 10.0. The van der Waals surface area contributed by atoms with E-state index < -0.39 is 24.3 Å². The van der Waals surface area contributed by atoms with Crippen molar-refractivity contribution in [3.05, 3.63) is 134 Å². The van der Waals surface area contributed by atoms with Crippen LogP contribution in [0.3, 0.4) is 0 Å². The van der Waals surface area contributed by atoms with Crippen LogP contribution < -0.4 is 5.11 Å². The number of carboxylic acids is 1. The number of allylic oxidation sites excluding steroid dienone is 22. The number of quaternary nitrogens is 1. The second kappa shape index (κ2) is 70.3. The van der Waals surface area contributed by atoms with E-state index in [0.29, 0.717) is 17.4 Å². The minimum absolute atomic E-state index is 0.139. The van der Waals surface area contributed by atoms with Gasteiger partial charge in [-0.3, -0.25) is 9.59 Å². The zero-order valence-corrected chi connectivity index (χ0v) is 58.7. The fourth-order valence-corrected chi connectivity index (χ4v) is 10.1. The summed E-state index contributed by atoms with van der Waals surface area (Å²) in [5, 5.41) is 11.8. The Balaban J connectivity index is 4.18. The van der Waals surface area contributed by atoms with Crippen molar-refractivity contribution in [3.8, 4) is 0 Å². The van der Waals surface area contributed by atoms with E-state index in [9.17, 15) is 19.5 Å². The molecule has 9 heteroatoms. The fraction of sp³-hybridized carbons (Fsp3) is 0.691. The van der Waals surface area contributed by atoms with Gasteiger partial charge >= 0.3 is 11.9 Å². The third kappa shape index (κ3) is 70.9. The number of ether oxygens (including phenoxy) is 4. The number of likely N-dealkylation sites (N-methyl/N-ethyl adjacent to an activating group) is 1. The predicted octanol–water partition coefficient (Wildman–Crippen LogP) is 22.0. The molecule has 0 aromatic rings. The van der Waals surface area contributed by atoms with Gasteiger partial charge in [0.1, 0.15) is 13.2 Å². The molecular weight excluding hydrogens is 1110 g/mol. The highest BCUT2D eigenvalue weighted by Gasteiger charge is 2.22. The van der Waals surface area contributed by atoms with Gasteiger partial charge in [-0.2, -0.15) is 0 Å². The molecule has 0 aromatic heterocycles. The summed E-state index contributed by atoms with van der Waals surface area (Å²) in [5.74, 6) is -2.31. The van der Waals surface area contributed by atoms with Crippen LogP contribution in [0, 0.1) is 0 Å². The highest BCUT2D eigenvalue weighted by Crippen LogP contribution is 2.18. The molecule has 2 unspecified atom stereocenters. The number of aliphatic carboxylic acids is 1. The summed E-state index contributed by atoms with van der Waals surface area (Å²) < 4.78 is 22.8. The summed E-state index contributed by atoms with van der Waals surface area (Å²) in [6, 6.07) is 0. The van der Waals surface area contributed by atoms with E-state index in [0.717, 1.165) is 122 Å². The van der Waals surface area contributed by atoms with E-state index in [2.05, 4.69) is 148 Å². The van der Waals surface area contributed by atoms with Crippen LogP contribution in [-0.4, -0.2) is 82.3 Å². The smallest absolute Gasteiger partial charge is 0.306 e. The average Bonchev–Trinajstić information content (AvgIpc) is 3.65. The van der Waals surface area contributed by atoms with Crippen molar-refractivity contribution in [3.63, 3.8) is 0 Å². The Hall–Kier alpha value is -4.57. The number of hydrogen-bond acceptors (Lipinski definition) is 8. The number of hydrogen-bond donors (Lipinski definition) is 0. The van der Waals surface area contributed by atoms with Gasteiger partial charge in [0.05, 0.1) is 40.3 Å². The summed E-state index contributed by atoms with van der Waals surface area (Å²) in [5.41, 5.74) is 0. The van der Waals surface area contributed by atoms with E-state index in [1.54, 1.807) is 0 Å². The standard InChI is InChI=1S/C81H137NO8/c1-6-8-10-12-14-16-18-20-22-24-26-28-30-32-34-35-36-37-38-39-40-41-42-43-44-45-46-48-50-52-54-56-58-60-62-64-66-68-70-72-79(84)90-77(76-89-81(80(85)86)87-74-73-82(3,4)5)75-88-78(83)71-69-67-65-63-61-59-57-55-53-51-49-47-33-31-29-27-25-23-21-19-17-15-13-11-9-7-2/h8,10,14,16,20,22,26,28,32,34,36-37,39-40,42-43,45-46,50,52,56,58,77,81H,6-7,9,11-13,15,17-19,21,23-25,27,29-31,33,35,38,41,44,47-49,51,53-55,57,59-76H2,1-5H3/b10-8-,16-14-,22-20-,28-26-,34-32-,37-36-,40-39-,43-42-,46-45-,52-50-,58-56-. The Morgan fingerprint density at radius 1 is 0.344 bits per heavy atom. The Labute approximate surface area is 554 Å². The molecule has 9 nitrogen and oxygen atoms in total. The number of carboxylic acid groups (broad SMARTS) is 1. The first-order valence-corrected chi connectivity index (χ1v) is 36.8. The van der Waals surface area contributed by atoms with Gasteiger partial charge in [0.2, 0.25) is 0 Å². The van der Waals surface area contributed by atoms with Gasteiger partial charge in [0.15, 0.2) is 12.4 Å². The van der Waals surface area contributed by atoms with Crippen molar-refractivity contribution in [1.29, 1.82) is 0 Å². The quantitative estimate of drug-likeness (QED) is 0.0195. The second-order valence-electron chi connectivity index (χ2n) is 25.5. The zero-order chi connectivity index (χ0) is 65.4. The first kappa shape index (κ1) is 85.4. The Morgan fingerprint density at radius 2 is 0.633 bits per heavy atom. The number of esters is 2. The normalized spacial score (nSPS) is 13.5. The molecule has 0 N–H and O–H groups in total. The molecule has 0 spiro atoms. The van der Waals surface area contributed by atoms with Crippen LogP contribution in [0.1, 0.15) is 303 Å². The van der Waals surface area contributed by atoms with Gasteiger partial charge in [-0.15, -0.1) is 0 Å². The number of carbonyl (C=O) groups is 3. The number of rotatable bonds is 67. The molecule has 0 bridgehead atoms. The van der Waals surface area contributed by atoms with Crippen LogP contribution in [0.15, 0.2) is 134 Å². The molecule has 0 saturated carbocycles. The Morgan fingerprint density at radius 3 is 0.944 bits per heavy atom. The largest absolute Gasteiger partial charge is 0.545 e. The first-order valence-electron chi connectivity index (χ1n) is 36.8. The van der Waals surface area contributed by atoms with Crippen molar-refractivity contribution in [1.82, 2.24) is 0 Å². The first-order chi connectivity index (χ1) is 44.1. The monoisotopic (exact) mass is 1250 g/mol. The fourth-order valence-electron chi connectivity index (χ4n) is 10.1. The van der Waals surface area contributed by atoms with Crippen LogP contribution >= 0.6 is 0 Å². The van der Waals surface area contributed by atoms with Crippen LogP contribution in [0.4, 0.5) is 0 Å². The molecule has 0 aliphatic rings. The van der Waals surface area contributed by atoms with E-state index in [-0.39, 0.29) is 38.6 Å². The molecule has 0 aromatic carbocycles. The number of carbonyl (C=O) groups excluding carboxylic acids is 3. The topological polar surface area (TPSA) is 111 Å². The van der Waals surface area contributed by atoms with Crippen molar-refractivity contribution in [2.45, 2.75) is 315 Å². The van der Waals surface area contributed by atoms with Gasteiger partial charge in [-0.25, -0.2) is 0 Å². The molecule has 0 amide bonds. The van der Waals surface area contributed by atoms with Crippen LogP contribution in [-0.2, 0) is 33.3 Å². The molecule has 2 atom stereocenters.